The number of anilines is 1. The number of carbonyl (C=O) groups is 1. The van der Waals surface area contributed by atoms with Gasteiger partial charge in [0.2, 0.25) is 11.9 Å². The van der Waals surface area contributed by atoms with Crippen LogP contribution in [-0.2, 0) is 4.79 Å². The summed E-state index contributed by atoms with van der Waals surface area (Å²) in [5.41, 5.74) is 0.338. The Morgan fingerprint density at radius 1 is 1.10 bits per heavy atom. The zero-order valence-electron chi connectivity index (χ0n) is 16.7. The van der Waals surface area contributed by atoms with E-state index in [0.717, 1.165) is 71.1 Å². The second kappa shape index (κ2) is 12.1. The fourth-order valence-corrected chi connectivity index (χ4v) is 4.46. The third kappa shape index (κ3) is 6.56. The van der Waals surface area contributed by atoms with Gasteiger partial charge in [0.15, 0.2) is 0 Å². The largest absolute Gasteiger partial charge is 0.356 e. The van der Waals surface area contributed by atoms with Crippen LogP contribution >= 0.6 is 37.2 Å². The molecule has 1 amide bonds. The quantitative estimate of drug-likeness (QED) is 0.621. The van der Waals surface area contributed by atoms with Crippen molar-refractivity contribution in [3.8, 4) is 0 Å². The van der Waals surface area contributed by atoms with Gasteiger partial charge in [-0.25, -0.2) is 9.97 Å². The number of piperazine rings is 1. The van der Waals surface area contributed by atoms with Gasteiger partial charge in [-0.2, -0.15) is 0 Å². The van der Waals surface area contributed by atoms with Crippen molar-refractivity contribution in [2.45, 2.75) is 25.7 Å². The maximum absolute atomic E-state index is 12.4. The summed E-state index contributed by atoms with van der Waals surface area (Å²) in [5, 5.41) is 6.57. The number of halogens is 3. The Morgan fingerprint density at radius 3 is 2.41 bits per heavy atom. The van der Waals surface area contributed by atoms with Gasteiger partial charge in [0.25, 0.3) is 0 Å². The predicted molar refractivity (Wildman–Crippen MR) is 123 cm³/mol. The molecule has 0 aromatic carbocycles. The lowest BCUT2D eigenvalue weighted by Gasteiger charge is -2.34. The Morgan fingerprint density at radius 2 is 1.76 bits per heavy atom. The van der Waals surface area contributed by atoms with Crippen LogP contribution in [0.5, 0.6) is 0 Å². The first-order chi connectivity index (χ1) is 12.8. The maximum Gasteiger partial charge on any atom is 0.225 e. The number of hydrogen-bond donors (Lipinski definition) is 2. The number of piperidine rings is 1. The first kappa shape index (κ1) is 26.2. The molecule has 2 saturated heterocycles. The van der Waals surface area contributed by atoms with E-state index in [9.17, 15) is 4.79 Å². The molecule has 3 heterocycles. The zero-order chi connectivity index (χ0) is 17.8. The normalized spacial score (nSPS) is 22.6. The van der Waals surface area contributed by atoms with Gasteiger partial charge < -0.3 is 15.5 Å². The summed E-state index contributed by atoms with van der Waals surface area (Å²) in [5.74, 6) is 1.40. The van der Waals surface area contributed by atoms with Crippen LogP contribution in [0, 0.1) is 11.3 Å². The first-order valence-corrected chi connectivity index (χ1v) is 10.00. The molecule has 0 bridgehead atoms. The molecule has 29 heavy (non-hydrogen) atoms. The molecule has 0 radical (unpaired) electrons. The summed E-state index contributed by atoms with van der Waals surface area (Å²) in [6, 6.07) is 1.85. The van der Waals surface area contributed by atoms with Crippen LogP contribution in [0.15, 0.2) is 18.5 Å². The van der Waals surface area contributed by atoms with Crippen molar-refractivity contribution in [1.29, 1.82) is 0 Å². The summed E-state index contributed by atoms with van der Waals surface area (Å²) in [6.07, 6.45) is 8.05. The van der Waals surface area contributed by atoms with Gasteiger partial charge in [0.1, 0.15) is 0 Å². The molecular formula is C19H33Cl3N6O. The SMILES string of the molecule is Cl.Cl.Cl.O=C(NCCCN1CCN(c2ncccn2)CC1)C1CC12CCNCC2. The molecule has 166 valence electrons. The zero-order valence-corrected chi connectivity index (χ0v) is 19.2. The fraction of sp³-hybridized carbons (Fsp3) is 0.737. The first-order valence-electron chi connectivity index (χ1n) is 10.00. The van der Waals surface area contributed by atoms with Gasteiger partial charge in [0.05, 0.1) is 0 Å². The fourth-order valence-electron chi connectivity index (χ4n) is 4.46. The van der Waals surface area contributed by atoms with Gasteiger partial charge in [-0.05, 0) is 56.8 Å². The molecule has 7 nitrogen and oxygen atoms in total. The molecule has 3 aliphatic rings. The number of nitrogens with zero attached hydrogens (tertiary/aromatic N) is 4. The third-order valence-electron chi connectivity index (χ3n) is 6.26. The van der Waals surface area contributed by atoms with Crippen molar-refractivity contribution in [2.24, 2.45) is 11.3 Å². The maximum atomic E-state index is 12.4. The lowest BCUT2D eigenvalue weighted by molar-refractivity contribution is -0.123. The number of hydrogen-bond acceptors (Lipinski definition) is 6. The van der Waals surface area contributed by atoms with E-state index in [1.54, 1.807) is 12.4 Å². The Balaban J connectivity index is 0.00000140. The number of nitrogens with one attached hydrogen (secondary N) is 2. The van der Waals surface area contributed by atoms with Crippen LogP contribution in [-0.4, -0.2) is 73.1 Å². The molecule has 1 saturated carbocycles. The molecule has 4 rings (SSSR count). The monoisotopic (exact) mass is 466 g/mol. The molecule has 1 unspecified atom stereocenters. The van der Waals surface area contributed by atoms with Crippen LogP contribution < -0.4 is 15.5 Å². The molecule has 1 spiro atoms. The number of rotatable bonds is 6. The molecule has 3 fully saturated rings. The summed E-state index contributed by atoms with van der Waals surface area (Å²) in [6.45, 7) is 7.99. The van der Waals surface area contributed by atoms with E-state index in [1.165, 1.54) is 12.8 Å². The van der Waals surface area contributed by atoms with E-state index >= 15 is 0 Å². The highest BCUT2D eigenvalue weighted by atomic mass is 35.5. The Bertz CT molecular complexity index is 609. The minimum absolute atomic E-state index is 0. The number of carbonyl (C=O) groups excluding carboxylic acids is 1. The van der Waals surface area contributed by atoms with Crippen LogP contribution in [0.25, 0.3) is 0 Å². The topological polar surface area (TPSA) is 73.4 Å². The van der Waals surface area contributed by atoms with Crippen molar-refractivity contribution in [3.05, 3.63) is 18.5 Å². The van der Waals surface area contributed by atoms with Crippen LogP contribution in [0.2, 0.25) is 0 Å². The lowest BCUT2D eigenvalue weighted by Crippen LogP contribution is -2.47. The van der Waals surface area contributed by atoms with Crippen molar-refractivity contribution in [1.82, 2.24) is 25.5 Å². The lowest BCUT2D eigenvalue weighted by atomic mass is 9.92. The second-order valence-corrected chi connectivity index (χ2v) is 7.89. The van der Waals surface area contributed by atoms with E-state index in [4.69, 9.17) is 0 Å². The van der Waals surface area contributed by atoms with Crippen LogP contribution in [0.3, 0.4) is 0 Å². The minimum Gasteiger partial charge on any atom is -0.356 e. The second-order valence-electron chi connectivity index (χ2n) is 7.89. The van der Waals surface area contributed by atoms with E-state index in [2.05, 4.69) is 30.4 Å². The smallest absolute Gasteiger partial charge is 0.225 e. The van der Waals surface area contributed by atoms with E-state index in [-0.39, 0.29) is 49.0 Å². The molecule has 1 aromatic heterocycles. The highest BCUT2D eigenvalue weighted by molar-refractivity contribution is 5.86. The van der Waals surface area contributed by atoms with Crippen LogP contribution in [0.1, 0.15) is 25.7 Å². The van der Waals surface area contributed by atoms with Crippen LogP contribution in [0.4, 0.5) is 5.95 Å². The molecule has 1 aromatic rings. The van der Waals surface area contributed by atoms with E-state index in [1.807, 2.05) is 6.07 Å². The molecule has 10 heteroatoms. The predicted octanol–water partition coefficient (Wildman–Crippen LogP) is 1.76. The van der Waals surface area contributed by atoms with Gasteiger partial charge in [0, 0.05) is 51.0 Å². The Hall–Kier alpha value is -0.860. The average Bonchev–Trinajstić information content (AvgIpc) is 3.39. The molecular weight excluding hydrogens is 435 g/mol. The molecule has 2 aliphatic heterocycles. The van der Waals surface area contributed by atoms with Crippen molar-refractivity contribution in [2.75, 3.05) is 57.3 Å². The third-order valence-corrected chi connectivity index (χ3v) is 6.26. The number of amides is 1. The van der Waals surface area contributed by atoms with Crippen molar-refractivity contribution >= 4 is 49.1 Å². The average molecular weight is 468 g/mol. The minimum atomic E-state index is 0. The van der Waals surface area contributed by atoms with Crippen molar-refractivity contribution in [3.63, 3.8) is 0 Å². The summed E-state index contributed by atoms with van der Waals surface area (Å²) in [4.78, 5) is 25.7. The molecule has 1 aliphatic carbocycles. The van der Waals surface area contributed by atoms with Gasteiger partial charge in [-0.3, -0.25) is 9.69 Å². The highest BCUT2D eigenvalue weighted by Crippen LogP contribution is 2.58. The summed E-state index contributed by atoms with van der Waals surface area (Å²) >= 11 is 0. The number of aromatic nitrogens is 2. The Labute approximate surface area is 192 Å². The highest BCUT2D eigenvalue weighted by Gasteiger charge is 2.57. The summed E-state index contributed by atoms with van der Waals surface area (Å²) < 4.78 is 0. The van der Waals surface area contributed by atoms with Gasteiger partial charge in [-0.15, -0.1) is 37.2 Å². The standard InChI is InChI=1S/C19H30N6O.3ClH/c26-17(16-15-19(16)3-8-20-9-4-19)21-7-2-10-24-11-13-25(14-12-24)18-22-5-1-6-23-18;;;/h1,5-6,16,20H,2-4,7-15H2,(H,21,26);3*1H. The van der Waals surface area contributed by atoms with Gasteiger partial charge in [-0.1, -0.05) is 0 Å². The van der Waals surface area contributed by atoms with E-state index in [0.29, 0.717) is 5.41 Å². The molecule has 2 N–H and O–H groups in total. The summed E-state index contributed by atoms with van der Waals surface area (Å²) in [7, 11) is 0. The van der Waals surface area contributed by atoms with E-state index < -0.39 is 0 Å². The molecule has 1 atom stereocenters. The van der Waals surface area contributed by atoms with Crippen molar-refractivity contribution < 1.29 is 4.79 Å². The Kier molecular flexibility index (Phi) is 10.9. The van der Waals surface area contributed by atoms with Gasteiger partial charge >= 0.3 is 0 Å².